The van der Waals surface area contributed by atoms with Crippen LogP contribution in [0.4, 0.5) is 4.79 Å². The Bertz CT molecular complexity index is 306. The fourth-order valence-corrected chi connectivity index (χ4v) is 3.11. The standard InChI is InChI=1S/C14H27N3O2/c1-11-2-6-14(19,7-3-11)10-16-12-4-8-17(9-5-12)13(15)18/h11-12,16,19H,2-10H2,1H3,(H2,15,18). The van der Waals surface area contributed by atoms with Gasteiger partial charge in [-0.15, -0.1) is 0 Å². The maximum atomic E-state index is 11.0. The number of nitrogens with zero attached hydrogens (tertiary/aromatic N) is 1. The lowest BCUT2D eigenvalue weighted by Crippen LogP contribution is -2.51. The van der Waals surface area contributed by atoms with Crippen LogP contribution in [0, 0.1) is 5.92 Å². The summed E-state index contributed by atoms with van der Waals surface area (Å²) in [5.74, 6) is 0.749. The summed E-state index contributed by atoms with van der Waals surface area (Å²) in [4.78, 5) is 12.7. The van der Waals surface area contributed by atoms with Gasteiger partial charge < -0.3 is 21.1 Å². The van der Waals surface area contributed by atoms with Gasteiger partial charge in [0.2, 0.25) is 0 Å². The highest BCUT2D eigenvalue weighted by Gasteiger charge is 2.32. The Morgan fingerprint density at radius 1 is 1.32 bits per heavy atom. The van der Waals surface area contributed by atoms with Crippen molar-refractivity contribution < 1.29 is 9.90 Å². The number of rotatable bonds is 3. The Labute approximate surface area is 115 Å². The second-order valence-corrected chi connectivity index (χ2v) is 6.39. The molecule has 5 nitrogen and oxygen atoms in total. The number of carbonyl (C=O) groups is 1. The first-order valence-corrected chi connectivity index (χ1v) is 7.49. The molecule has 1 saturated heterocycles. The lowest BCUT2D eigenvalue weighted by Gasteiger charge is -2.38. The third-order valence-electron chi connectivity index (χ3n) is 4.73. The lowest BCUT2D eigenvalue weighted by molar-refractivity contribution is -0.00947. The largest absolute Gasteiger partial charge is 0.389 e. The molecule has 0 atom stereocenters. The molecule has 0 aromatic rings. The smallest absolute Gasteiger partial charge is 0.314 e. The van der Waals surface area contributed by atoms with Crippen LogP contribution in [0.15, 0.2) is 0 Å². The van der Waals surface area contributed by atoms with Crippen LogP contribution in [-0.4, -0.2) is 47.3 Å². The van der Waals surface area contributed by atoms with Crippen LogP contribution in [0.5, 0.6) is 0 Å². The van der Waals surface area contributed by atoms with Gasteiger partial charge in [0, 0.05) is 25.7 Å². The summed E-state index contributed by atoms with van der Waals surface area (Å²) in [6.07, 6.45) is 5.91. The molecule has 0 aromatic carbocycles. The molecule has 2 amide bonds. The highest BCUT2D eigenvalue weighted by Crippen LogP contribution is 2.31. The fraction of sp³-hybridized carbons (Fsp3) is 0.929. The number of primary amides is 1. The predicted molar refractivity (Wildman–Crippen MR) is 74.8 cm³/mol. The molecule has 5 heteroatoms. The molecule has 2 aliphatic rings. The summed E-state index contributed by atoms with van der Waals surface area (Å²) < 4.78 is 0. The molecule has 2 fully saturated rings. The van der Waals surface area contributed by atoms with E-state index in [9.17, 15) is 9.90 Å². The average molecular weight is 269 g/mol. The van der Waals surface area contributed by atoms with Crippen molar-refractivity contribution in [3.8, 4) is 0 Å². The van der Waals surface area contributed by atoms with Crippen LogP contribution in [0.2, 0.25) is 0 Å². The zero-order valence-electron chi connectivity index (χ0n) is 11.9. The molecule has 0 radical (unpaired) electrons. The maximum Gasteiger partial charge on any atom is 0.314 e. The van der Waals surface area contributed by atoms with Gasteiger partial charge in [0.15, 0.2) is 0 Å². The van der Waals surface area contributed by atoms with Gasteiger partial charge in [-0.05, 0) is 44.4 Å². The van der Waals surface area contributed by atoms with Gasteiger partial charge >= 0.3 is 6.03 Å². The Kier molecular flexibility index (Phi) is 4.68. The molecule has 0 aromatic heterocycles. The van der Waals surface area contributed by atoms with Crippen LogP contribution in [0.1, 0.15) is 45.4 Å². The molecule has 1 aliphatic heterocycles. The number of hydrogen-bond acceptors (Lipinski definition) is 3. The van der Waals surface area contributed by atoms with E-state index in [0.29, 0.717) is 12.6 Å². The molecule has 0 unspecified atom stereocenters. The molecule has 1 saturated carbocycles. The second-order valence-electron chi connectivity index (χ2n) is 6.39. The minimum absolute atomic E-state index is 0.321. The number of aliphatic hydroxyl groups is 1. The van der Waals surface area contributed by atoms with Crippen molar-refractivity contribution in [1.82, 2.24) is 10.2 Å². The summed E-state index contributed by atoms with van der Waals surface area (Å²) in [6, 6.07) is 0.0809. The number of piperidine rings is 1. The van der Waals surface area contributed by atoms with Gasteiger partial charge in [0.25, 0.3) is 0 Å². The molecule has 1 heterocycles. The topological polar surface area (TPSA) is 78.6 Å². The number of amides is 2. The van der Waals surface area contributed by atoms with Crippen LogP contribution in [0.25, 0.3) is 0 Å². The van der Waals surface area contributed by atoms with Gasteiger partial charge in [0.05, 0.1) is 5.60 Å². The molecule has 2 rings (SSSR count). The Morgan fingerprint density at radius 2 is 1.89 bits per heavy atom. The van der Waals surface area contributed by atoms with E-state index in [1.165, 1.54) is 0 Å². The predicted octanol–water partition coefficient (Wildman–Crippen LogP) is 1.06. The number of likely N-dealkylation sites (tertiary alicyclic amines) is 1. The number of hydrogen-bond donors (Lipinski definition) is 3. The second kappa shape index (κ2) is 6.09. The number of carbonyl (C=O) groups excluding carboxylic acids is 1. The van der Waals surface area contributed by atoms with Gasteiger partial charge in [-0.1, -0.05) is 6.92 Å². The molecule has 0 spiro atoms. The molecular formula is C14H27N3O2. The summed E-state index contributed by atoms with van der Waals surface area (Å²) >= 11 is 0. The number of nitrogens with two attached hydrogens (primary N) is 1. The first-order chi connectivity index (χ1) is 8.98. The Balaban J connectivity index is 1.70. The Morgan fingerprint density at radius 3 is 2.42 bits per heavy atom. The van der Waals surface area contributed by atoms with Crippen molar-refractivity contribution in [1.29, 1.82) is 0 Å². The van der Waals surface area contributed by atoms with Crippen molar-refractivity contribution in [2.45, 2.75) is 57.1 Å². The minimum Gasteiger partial charge on any atom is -0.389 e. The van der Waals surface area contributed by atoms with E-state index in [4.69, 9.17) is 5.73 Å². The first-order valence-electron chi connectivity index (χ1n) is 7.49. The van der Waals surface area contributed by atoms with E-state index in [-0.39, 0.29) is 6.03 Å². The molecule has 4 N–H and O–H groups in total. The van der Waals surface area contributed by atoms with Crippen molar-refractivity contribution in [3.05, 3.63) is 0 Å². The Hall–Kier alpha value is -0.810. The van der Waals surface area contributed by atoms with Gasteiger partial charge in [-0.3, -0.25) is 0 Å². The average Bonchev–Trinajstić information content (AvgIpc) is 2.41. The van der Waals surface area contributed by atoms with E-state index in [1.54, 1.807) is 4.90 Å². The van der Waals surface area contributed by atoms with Gasteiger partial charge in [-0.25, -0.2) is 4.79 Å². The van der Waals surface area contributed by atoms with Crippen LogP contribution < -0.4 is 11.1 Å². The normalized spacial score (nSPS) is 33.4. The third-order valence-corrected chi connectivity index (χ3v) is 4.73. The fourth-order valence-electron chi connectivity index (χ4n) is 3.11. The number of urea groups is 1. The zero-order chi connectivity index (χ0) is 13.9. The van der Waals surface area contributed by atoms with Crippen LogP contribution in [0.3, 0.4) is 0 Å². The van der Waals surface area contributed by atoms with E-state index in [2.05, 4.69) is 12.2 Å². The van der Waals surface area contributed by atoms with Crippen molar-refractivity contribution in [2.24, 2.45) is 11.7 Å². The monoisotopic (exact) mass is 269 g/mol. The minimum atomic E-state index is -0.521. The summed E-state index contributed by atoms with van der Waals surface area (Å²) in [7, 11) is 0. The molecule has 19 heavy (non-hydrogen) atoms. The lowest BCUT2D eigenvalue weighted by atomic mass is 9.79. The van der Waals surface area contributed by atoms with E-state index >= 15 is 0 Å². The summed E-state index contributed by atoms with van der Waals surface area (Å²) in [6.45, 7) is 4.39. The van der Waals surface area contributed by atoms with Crippen molar-refractivity contribution >= 4 is 6.03 Å². The van der Waals surface area contributed by atoms with Gasteiger partial charge in [-0.2, -0.15) is 0 Å². The van der Waals surface area contributed by atoms with E-state index < -0.39 is 5.60 Å². The highest BCUT2D eigenvalue weighted by molar-refractivity contribution is 5.72. The molecule has 110 valence electrons. The van der Waals surface area contributed by atoms with Crippen LogP contribution >= 0.6 is 0 Å². The third kappa shape index (κ3) is 4.08. The molecule has 0 bridgehead atoms. The van der Waals surface area contributed by atoms with E-state index in [0.717, 1.165) is 57.5 Å². The van der Waals surface area contributed by atoms with Gasteiger partial charge in [0.1, 0.15) is 0 Å². The summed E-state index contributed by atoms with van der Waals surface area (Å²) in [5.41, 5.74) is 4.74. The highest BCUT2D eigenvalue weighted by atomic mass is 16.3. The number of nitrogens with one attached hydrogen (secondary N) is 1. The quantitative estimate of drug-likeness (QED) is 0.717. The maximum absolute atomic E-state index is 11.0. The van der Waals surface area contributed by atoms with E-state index in [1.807, 2.05) is 0 Å². The summed E-state index contributed by atoms with van der Waals surface area (Å²) in [5, 5.41) is 14.0. The van der Waals surface area contributed by atoms with Crippen molar-refractivity contribution in [3.63, 3.8) is 0 Å². The first kappa shape index (κ1) is 14.6. The molecular weight excluding hydrogens is 242 g/mol. The van der Waals surface area contributed by atoms with Crippen LogP contribution in [-0.2, 0) is 0 Å². The van der Waals surface area contributed by atoms with Crippen molar-refractivity contribution in [2.75, 3.05) is 19.6 Å². The zero-order valence-corrected chi connectivity index (χ0v) is 11.9. The SMILES string of the molecule is CC1CCC(O)(CNC2CCN(C(N)=O)CC2)CC1. The molecule has 1 aliphatic carbocycles.